The number of aromatic nitrogens is 2. The van der Waals surface area contributed by atoms with E-state index in [1.807, 2.05) is 30.3 Å². The van der Waals surface area contributed by atoms with E-state index in [2.05, 4.69) is 14.5 Å². The normalized spacial score (nSPS) is 11.9. The number of anilines is 2. The molecule has 0 saturated carbocycles. The van der Waals surface area contributed by atoms with Gasteiger partial charge in [-0.25, -0.2) is 21.5 Å². The fraction of sp³-hybridized carbons (Fsp3) is 0.0870. The van der Waals surface area contributed by atoms with Gasteiger partial charge in [0.25, 0.3) is 20.0 Å². The highest BCUT2D eigenvalue weighted by molar-refractivity contribution is 7.93. The number of sulfonamides is 2. The minimum absolute atomic E-state index is 0.0188. The van der Waals surface area contributed by atoms with Crippen LogP contribution in [0, 0.1) is 13.8 Å². The number of nitrogens with one attached hydrogen (secondary N) is 2. The molecular formula is C23H21ClN4O4S2. The van der Waals surface area contributed by atoms with Crippen LogP contribution in [0.3, 0.4) is 0 Å². The largest absolute Gasteiger partial charge is 0.280 e. The fourth-order valence-corrected chi connectivity index (χ4v) is 6.12. The highest BCUT2D eigenvalue weighted by Gasteiger charge is 2.25. The molecule has 0 spiro atoms. The van der Waals surface area contributed by atoms with Crippen LogP contribution >= 0.6 is 11.6 Å². The van der Waals surface area contributed by atoms with Crippen molar-refractivity contribution in [2.24, 2.45) is 0 Å². The molecule has 11 heteroatoms. The van der Waals surface area contributed by atoms with Crippen LogP contribution in [0.15, 0.2) is 88.7 Å². The zero-order valence-corrected chi connectivity index (χ0v) is 20.6. The molecule has 0 aliphatic rings. The Morgan fingerprint density at radius 3 is 1.85 bits per heavy atom. The van der Waals surface area contributed by atoms with Crippen molar-refractivity contribution in [3.8, 4) is 5.69 Å². The summed E-state index contributed by atoms with van der Waals surface area (Å²) in [4.78, 5) is 0.0483. The van der Waals surface area contributed by atoms with Crippen LogP contribution in [0.4, 0.5) is 11.4 Å². The highest BCUT2D eigenvalue weighted by Crippen LogP contribution is 2.26. The van der Waals surface area contributed by atoms with Crippen molar-refractivity contribution in [3.05, 3.63) is 95.3 Å². The number of hydrogen-bond acceptors (Lipinski definition) is 5. The number of halogens is 1. The Balaban J connectivity index is 1.56. The standard InChI is InChI=1S/C23H21ClN4O4S2/c1-16-23(17(2)28(25-16)21-6-4-3-5-7-21)34(31,32)27-20-12-14-22(15-13-20)33(29,30)26-19-10-8-18(24)9-11-19/h3-15,26-27H,1-2H3. The van der Waals surface area contributed by atoms with E-state index in [9.17, 15) is 16.8 Å². The van der Waals surface area contributed by atoms with Gasteiger partial charge in [0.15, 0.2) is 0 Å². The second kappa shape index (κ2) is 9.13. The predicted molar refractivity (Wildman–Crippen MR) is 133 cm³/mol. The predicted octanol–water partition coefficient (Wildman–Crippen LogP) is 4.74. The summed E-state index contributed by atoms with van der Waals surface area (Å²) in [5, 5.41) is 4.87. The van der Waals surface area contributed by atoms with E-state index in [1.54, 1.807) is 42.8 Å². The van der Waals surface area contributed by atoms with Crippen molar-refractivity contribution in [2.45, 2.75) is 23.6 Å². The number of hydrogen-bond donors (Lipinski definition) is 2. The van der Waals surface area contributed by atoms with Gasteiger partial charge in [-0.3, -0.25) is 9.44 Å². The van der Waals surface area contributed by atoms with Crippen molar-refractivity contribution in [3.63, 3.8) is 0 Å². The molecule has 1 aromatic heterocycles. The Bertz CT molecular complexity index is 1530. The van der Waals surface area contributed by atoms with Gasteiger partial charge in [0, 0.05) is 16.4 Å². The number of para-hydroxylation sites is 1. The van der Waals surface area contributed by atoms with Crippen molar-refractivity contribution in [2.75, 3.05) is 9.44 Å². The molecule has 34 heavy (non-hydrogen) atoms. The maximum atomic E-state index is 13.1. The topological polar surface area (TPSA) is 110 Å². The van der Waals surface area contributed by atoms with Gasteiger partial charge < -0.3 is 0 Å². The van der Waals surface area contributed by atoms with Crippen LogP contribution in [0.5, 0.6) is 0 Å². The van der Waals surface area contributed by atoms with Crippen LogP contribution in [-0.4, -0.2) is 26.6 Å². The van der Waals surface area contributed by atoms with Crippen molar-refractivity contribution >= 4 is 43.0 Å². The molecule has 0 amide bonds. The number of nitrogens with zero attached hydrogens (tertiary/aromatic N) is 2. The van der Waals surface area contributed by atoms with E-state index in [1.165, 1.54) is 24.3 Å². The number of benzene rings is 3. The second-order valence-corrected chi connectivity index (χ2v) is 11.2. The van der Waals surface area contributed by atoms with Crippen LogP contribution in [0.2, 0.25) is 5.02 Å². The van der Waals surface area contributed by atoms with Gasteiger partial charge in [-0.15, -0.1) is 0 Å². The average Bonchev–Trinajstić information content (AvgIpc) is 3.10. The highest BCUT2D eigenvalue weighted by atomic mass is 35.5. The maximum Gasteiger partial charge on any atom is 0.265 e. The molecule has 0 fully saturated rings. The zero-order valence-electron chi connectivity index (χ0n) is 18.2. The number of rotatable bonds is 7. The van der Waals surface area contributed by atoms with Crippen LogP contribution in [-0.2, 0) is 20.0 Å². The van der Waals surface area contributed by atoms with Crippen molar-refractivity contribution < 1.29 is 16.8 Å². The van der Waals surface area contributed by atoms with E-state index < -0.39 is 20.0 Å². The maximum absolute atomic E-state index is 13.1. The van der Waals surface area contributed by atoms with Gasteiger partial charge in [-0.2, -0.15) is 5.10 Å². The summed E-state index contributed by atoms with van der Waals surface area (Å²) in [6.45, 7) is 3.30. The summed E-state index contributed by atoms with van der Waals surface area (Å²) in [7, 11) is -7.84. The molecule has 176 valence electrons. The Kier molecular flexibility index (Phi) is 6.39. The smallest absolute Gasteiger partial charge is 0.265 e. The third-order valence-corrected chi connectivity index (χ3v) is 8.29. The summed E-state index contributed by atoms with van der Waals surface area (Å²) < 4.78 is 58.1. The summed E-state index contributed by atoms with van der Waals surface area (Å²) >= 11 is 5.83. The van der Waals surface area contributed by atoms with Gasteiger partial charge in [0.05, 0.1) is 22.0 Å². The molecule has 0 bridgehead atoms. The van der Waals surface area contributed by atoms with E-state index in [4.69, 9.17) is 11.6 Å². The molecule has 0 saturated heterocycles. The molecule has 3 aromatic carbocycles. The molecule has 4 aromatic rings. The van der Waals surface area contributed by atoms with Gasteiger partial charge in [-0.1, -0.05) is 29.8 Å². The lowest BCUT2D eigenvalue weighted by Crippen LogP contribution is -2.16. The van der Waals surface area contributed by atoms with Crippen LogP contribution in [0.1, 0.15) is 11.4 Å². The third kappa shape index (κ3) is 4.93. The summed E-state index contributed by atoms with van der Waals surface area (Å²) in [6, 6.07) is 20.9. The lowest BCUT2D eigenvalue weighted by Gasteiger charge is -2.11. The van der Waals surface area contributed by atoms with Gasteiger partial charge in [0.1, 0.15) is 4.90 Å². The first kappa shape index (κ1) is 23.8. The van der Waals surface area contributed by atoms with Crippen molar-refractivity contribution in [1.82, 2.24) is 9.78 Å². The quantitative estimate of drug-likeness (QED) is 0.368. The molecular weight excluding hydrogens is 496 g/mol. The SMILES string of the molecule is Cc1nn(-c2ccccc2)c(C)c1S(=O)(=O)Nc1ccc(S(=O)(=O)Nc2ccc(Cl)cc2)cc1. The van der Waals surface area contributed by atoms with Gasteiger partial charge >= 0.3 is 0 Å². The third-order valence-electron chi connectivity index (χ3n) is 5.01. The van der Waals surface area contributed by atoms with Gasteiger partial charge in [-0.05, 0) is 74.5 Å². The van der Waals surface area contributed by atoms with E-state index >= 15 is 0 Å². The summed E-state index contributed by atoms with van der Waals surface area (Å²) in [5.74, 6) is 0. The zero-order chi connectivity index (χ0) is 24.5. The Morgan fingerprint density at radius 1 is 0.735 bits per heavy atom. The molecule has 2 N–H and O–H groups in total. The minimum Gasteiger partial charge on any atom is -0.280 e. The molecule has 0 aliphatic carbocycles. The van der Waals surface area contributed by atoms with Crippen LogP contribution in [0.25, 0.3) is 5.69 Å². The molecule has 0 unspecified atom stereocenters. The monoisotopic (exact) mass is 516 g/mol. The van der Waals surface area contributed by atoms with E-state index in [0.29, 0.717) is 22.1 Å². The Hall–Kier alpha value is -3.34. The molecule has 4 rings (SSSR count). The summed E-state index contributed by atoms with van der Waals surface area (Å²) in [6.07, 6.45) is 0. The molecule has 8 nitrogen and oxygen atoms in total. The lowest BCUT2D eigenvalue weighted by atomic mass is 10.3. The number of aryl methyl sites for hydroxylation is 1. The Morgan fingerprint density at radius 2 is 1.26 bits per heavy atom. The minimum atomic E-state index is -3.97. The fourth-order valence-electron chi connectivity index (χ4n) is 3.48. The molecule has 0 aliphatic heterocycles. The van der Waals surface area contributed by atoms with E-state index in [0.717, 1.165) is 5.69 Å². The molecule has 0 radical (unpaired) electrons. The van der Waals surface area contributed by atoms with Gasteiger partial charge in [0.2, 0.25) is 0 Å². The molecule has 0 atom stereocenters. The first-order valence-corrected chi connectivity index (χ1v) is 13.4. The van der Waals surface area contributed by atoms with E-state index in [-0.39, 0.29) is 15.5 Å². The Labute approximate surface area is 203 Å². The second-order valence-electron chi connectivity index (χ2n) is 7.49. The summed E-state index contributed by atoms with van der Waals surface area (Å²) in [5.41, 5.74) is 2.13. The lowest BCUT2D eigenvalue weighted by molar-refractivity contribution is 0.599. The first-order valence-electron chi connectivity index (χ1n) is 10.1. The van der Waals surface area contributed by atoms with Crippen LogP contribution < -0.4 is 9.44 Å². The average molecular weight is 517 g/mol. The van der Waals surface area contributed by atoms with Crippen molar-refractivity contribution in [1.29, 1.82) is 0 Å². The molecule has 1 heterocycles. The first-order chi connectivity index (χ1) is 16.1.